The van der Waals surface area contributed by atoms with E-state index in [-0.39, 0.29) is 0 Å². The number of thiophene rings is 1. The number of pyridine rings is 1. The van der Waals surface area contributed by atoms with Crippen LogP contribution in [0.4, 0.5) is 0 Å². The molecule has 0 aliphatic heterocycles. The molecule has 4 heterocycles. The first kappa shape index (κ1) is 18.0. The zero-order chi connectivity index (χ0) is 22.7. The Labute approximate surface area is 202 Å². The summed E-state index contributed by atoms with van der Waals surface area (Å²) in [5.41, 5.74) is 6.12. The summed E-state index contributed by atoms with van der Waals surface area (Å²) in [5, 5.41) is 8.52. The van der Waals surface area contributed by atoms with E-state index < -0.39 is 0 Å². The van der Waals surface area contributed by atoms with Crippen LogP contribution in [0.3, 0.4) is 0 Å². The van der Waals surface area contributed by atoms with Crippen LogP contribution in [0.1, 0.15) is 0 Å². The standard InChI is InChI=1S/C31H16N2OS/c1-5-11-25-18(8-1)30-26(34-25)14-13-24-29(30)20-16-28-19(17-7-2-6-12-27(17)35-28)15-21(20)31-32-22-9-3-4-10-23(22)33(24)31/h1-16H. The largest absolute Gasteiger partial charge is 0.456 e. The van der Waals surface area contributed by atoms with Gasteiger partial charge in [0.15, 0.2) is 0 Å². The molecule has 0 bridgehead atoms. The van der Waals surface area contributed by atoms with E-state index in [2.05, 4.69) is 95.4 Å². The number of nitrogens with zero attached hydrogens (tertiary/aromatic N) is 2. The van der Waals surface area contributed by atoms with Crippen LogP contribution in [-0.2, 0) is 0 Å². The van der Waals surface area contributed by atoms with Crippen molar-refractivity contribution in [3.8, 4) is 0 Å². The van der Waals surface area contributed by atoms with Crippen molar-refractivity contribution in [1.29, 1.82) is 0 Å². The molecule has 3 nitrogen and oxygen atoms in total. The fourth-order valence-corrected chi connectivity index (χ4v) is 7.01. The quantitative estimate of drug-likeness (QED) is 0.210. The predicted molar refractivity (Wildman–Crippen MR) is 148 cm³/mol. The van der Waals surface area contributed by atoms with Gasteiger partial charge in [0, 0.05) is 41.7 Å². The van der Waals surface area contributed by atoms with Gasteiger partial charge in [-0.1, -0.05) is 48.5 Å². The number of furan rings is 1. The van der Waals surface area contributed by atoms with E-state index in [4.69, 9.17) is 9.40 Å². The summed E-state index contributed by atoms with van der Waals surface area (Å²) in [4.78, 5) is 5.14. The lowest BCUT2D eigenvalue weighted by Gasteiger charge is -2.11. The van der Waals surface area contributed by atoms with Crippen molar-refractivity contribution in [2.45, 2.75) is 0 Å². The van der Waals surface area contributed by atoms with E-state index in [9.17, 15) is 0 Å². The first-order valence-corrected chi connectivity index (χ1v) is 12.5. The third-order valence-corrected chi connectivity index (χ3v) is 8.48. The fourth-order valence-electron chi connectivity index (χ4n) is 5.88. The van der Waals surface area contributed by atoms with Crippen LogP contribution in [0.15, 0.2) is 101 Å². The van der Waals surface area contributed by atoms with Gasteiger partial charge in [-0.05, 0) is 53.9 Å². The summed E-state index contributed by atoms with van der Waals surface area (Å²) >= 11 is 1.86. The Balaban J connectivity index is 1.66. The molecule has 0 atom stereocenters. The lowest BCUT2D eigenvalue weighted by Crippen LogP contribution is -1.92. The maximum Gasteiger partial charge on any atom is 0.146 e. The third-order valence-electron chi connectivity index (χ3n) is 7.35. The SMILES string of the molecule is c1ccc2c(c1)nc1c3cc4c(cc3c3c5c(ccc3n21)oc1ccccc15)sc1ccccc14. The Morgan fingerprint density at radius 2 is 1.40 bits per heavy atom. The Hall–Kier alpha value is -4.41. The number of benzene rings is 5. The lowest BCUT2D eigenvalue weighted by atomic mass is 9.99. The second-order valence-electron chi connectivity index (χ2n) is 9.18. The van der Waals surface area contributed by atoms with Gasteiger partial charge in [-0.3, -0.25) is 4.40 Å². The van der Waals surface area contributed by atoms with Gasteiger partial charge in [-0.15, -0.1) is 11.3 Å². The molecule has 0 saturated carbocycles. The molecule has 0 unspecified atom stereocenters. The van der Waals surface area contributed by atoms with Crippen molar-refractivity contribution < 1.29 is 4.42 Å². The molecule has 0 amide bonds. The lowest BCUT2D eigenvalue weighted by molar-refractivity contribution is 0.669. The number of hydrogen-bond acceptors (Lipinski definition) is 3. The van der Waals surface area contributed by atoms with Crippen LogP contribution in [0.25, 0.3) is 80.5 Å². The predicted octanol–water partition coefficient (Wildman–Crippen LogP) is 9.06. The fraction of sp³-hybridized carbons (Fsp3) is 0. The summed E-state index contributed by atoms with van der Waals surface area (Å²) in [6.45, 7) is 0. The molecule has 4 heteroatoms. The second-order valence-corrected chi connectivity index (χ2v) is 10.3. The number of hydrogen-bond donors (Lipinski definition) is 0. The average Bonchev–Trinajstić information content (AvgIpc) is 3.58. The van der Waals surface area contributed by atoms with E-state index in [1.54, 1.807) is 0 Å². The molecule has 0 saturated heterocycles. The Morgan fingerprint density at radius 1 is 0.571 bits per heavy atom. The minimum atomic E-state index is 0.917. The summed E-state index contributed by atoms with van der Waals surface area (Å²) in [7, 11) is 0. The summed E-state index contributed by atoms with van der Waals surface area (Å²) in [6, 6.07) is 34.5. The molecule has 4 aromatic heterocycles. The molecule has 0 fully saturated rings. The zero-order valence-corrected chi connectivity index (χ0v) is 19.3. The highest BCUT2D eigenvalue weighted by Crippen LogP contribution is 2.44. The average molecular weight is 465 g/mol. The molecular weight excluding hydrogens is 448 g/mol. The molecule has 0 aliphatic carbocycles. The maximum atomic E-state index is 6.30. The van der Waals surface area contributed by atoms with Gasteiger partial charge in [-0.2, -0.15) is 0 Å². The number of fused-ring (bicyclic) bond motifs is 15. The molecule has 9 aromatic rings. The highest BCUT2D eigenvalue weighted by atomic mass is 32.1. The van der Waals surface area contributed by atoms with E-state index in [1.165, 1.54) is 41.7 Å². The van der Waals surface area contributed by atoms with Gasteiger partial charge < -0.3 is 4.42 Å². The van der Waals surface area contributed by atoms with Gasteiger partial charge >= 0.3 is 0 Å². The van der Waals surface area contributed by atoms with Crippen molar-refractivity contribution in [3.05, 3.63) is 97.1 Å². The van der Waals surface area contributed by atoms with Crippen molar-refractivity contribution in [2.75, 3.05) is 0 Å². The van der Waals surface area contributed by atoms with Crippen LogP contribution < -0.4 is 0 Å². The first-order valence-electron chi connectivity index (χ1n) is 11.7. The van der Waals surface area contributed by atoms with Crippen LogP contribution in [0.2, 0.25) is 0 Å². The second kappa shape index (κ2) is 6.17. The Kier molecular flexibility index (Phi) is 3.17. The third kappa shape index (κ3) is 2.18. The van der Waals surface area contributed by atoms with E-state index in [0.29, 0.717) is 0 Å². The molecular formula is C31H16N2OS. The number of aromatic nitrogens is 2. The first-order chi connectivity index (χ1) is 17.3. The molecule has 162 valence electrons. The maximum absolute atomic E-state index is 6.30. The number of imidazole rings is 1. The van der Waals surface area contributed by atoms with Gasteiger partial charge in [0.25, 0.3) is 0 Å². The van der Waals surface area contributed by atoms with Crippen LogP contribution in [0, 0.1) is 0 Å². The van der Waals surface area contributed by atoms with Crippen LogP contribution in [-0.4, -0.2) is 9.38 Å². The van der Waals surface area contributed by atoms with Gasteiger partial charge in [-0.25, -0.2) is 4.98 Å². The number of rotatable bonds is 0. The van der Waals surface area contributed by atoms with Crippen LogP contribution >= 0.6 is 11.3 Å². The van der Waals surface area contributed by atoms with Gasteiger partial charge in [0.1, 0.15) is 16.8 Å². The molecule has 9 rings (SSSR count). The molecule has 0 radical (unpaired) electrons. The van der Waals surface area contributed by atoms with E-state index in [1.807, 2.05) is 17.4 Å². The minimum Gasteiger partial charge on any atom is -0.456 e. The minimum absolute atomic E-state index is 0.917. The summed E-state index contributed by atoms with van der Waals surface area (Å²) in [5.74, 6) is 0. The molecule has 0 N–H and O–H groups in total. The van der Waals surface area contributed by atoms with E-state index in [0.717, 1.165) is 38.7 Å². The van der Waals surface area contributed by atoms with Gasteiger partial charge in [0.2, 0.25) is 0 Å². The molecule has 35 heavy (non-hydrogen) atoms. The smallest absolute Gasteiger partial charge is 0.146 e. The highest BCUT2D eigenvalue weighted by molar-refractivity contribution is 7.25. The topological polar surface area (TPSA) is 30.4 Å². The number of para-hydroxylation sites is 3. The summed E-state index contributed by atoms with van der Waals surface area (Å²) in [6.07, 6.45) is 0. The monoisotopic (exact) mass is 464 g/mol. The zero-order valence-electron chi connectivity index (χ0n) is 18.4. The highest BCUT2D eigenvalue weighted by Gasteiger charge is 2.20. The molecule has 0 spiro atoms. The Bertz CT molecular complexity index is 2330. The molecule has 5 aromatic carbocycles. The van der Waals surface area contributed by atoms with Crippen molar-refractivity contribution in [1.82, 2.24) is 9.38 Å². The van der Waals surface area contributed by atoms with Crippen LogP contribution in [0.5, 0.6) is 0 Å². The van der Waals surface area contributed by atoms with Crippen molar-refractivity contribution >= 4 is 91.8 Å². The Morgan fingerprint density at radius 3 is 2.37 bits per heavy atom. The normalized spacial score (nSPS) is 12.6. The van der Waals surface area contributed by atoms with Gasteiger partial charge in [0.05, 0.1) is 16.6 Å². The van der Waals surface area contributed by atoms with Crippen molar-refractivity contribution in [2.24, 2.45) is 0 Å². The summed E-state index contributed by atoms with van der Waals surface area (Å²) < 4.78 is 11.2. The van der Waals surface area contributed by atoms with E-state index >= 15 is 0 Å². The van der Waals surface area contributed by atoms with Crippen molar-refractivity contribution in [3.63, 3.8) is 0 Å². The molecule has 0 aliphatic rings.